The highest BCUT2D eigenvalue weighted by atomic mass is 32.2. The Kier molecular flexibility index (Phi) is 9.96. The van der Waals surface area contributed by atoms with Crippen molar-refractivity contribution in [2.75, 3.05) is 82.3 Å². The lowest BCUT2D eigenvalue weighted by molar-refractivity contribution is 0.0383. The molecular weight excluding hydrogens is 554 g/mol. The summed E-state index contributed by atoms with van der Waals surface area (Å²) in [6.07, 6.45) is 0. The van der Waals surface area contributed by atoms with Crippen LogP contribution in [-0.2, 0) is 21.3 Å². The molecule has 224 valence electrons. The van der Waals surface area contributed by atoms with E-state index in [1.165, 1.54) is 24.8 Å². The Labute approximate surface area is 248 Å². The molecule has 3 aromatic carbocycles. The van der Waals surface area contributed by atoms with E-state index in [0.29, 0.717) is 36.8 Å². The second-order valence-electron chi connectivity index (χ2n) is 10.5. The number of methoxy groups -OCH3 is 1. The highest BCUT2D eigenvalue weighted by molar-refractivity contribution is 7.92. The summed E-state index contributed by atoms with van der Waals surface area (Å²) in [7, 11) is -2.34. The Morgan fingerprint density at radius 3 is 2.29 bits per heavy atom. The molecule has 0 saturated carbocycles. The molecule has 0 aliphatic carbocycles. The second kappa shape index (κ2) is 14.0. The van der Waals surface area contributed by atoms with E-state index in [4.69, 9.17) is 9.47 Å². The van der Waals surface area contributed by atoms with E-state index in [0.717, 1.165) is 58.0 Å². The van der Waals surface area contributed by atoms with Crippen LogP contribution in [0, 0.1) is 0 Å². The number of carbonyl (C=O) groups is 1. The summed E-state index contributed by atoms with van der Waals surface area (Å²) >= 11 is 0. The molecule has 2 N–H and O–H groups in total. The molecular formula is C31H39N5O5S. The Bertz CT molecular complexity index is 1420. The van der Waals surface area contributed by atoms with Gasteiger partial charge in [0.25, 0.3) is 15.9 Å². The lowest BCUT2D eigenvalue weighted by Gasteiger charge is -2.37. The van der Waals surface area contributed by atoms with Gasteiger partial charge in [0, 0.05) is 70.3 Å². The van der Waals surface area contributed by atoms with E-state index in [2.05, 4.69) is 49.0 Å². The molecule has 42 heavy (non-hydrogen) atoms. The summed E-state index contributed by atoms with van der Waals surface area (Å²) in [5, 5.41) is 3.05. The van der Waals surface area contributed by atoms with Crippen LogP contribution in [0.4, 0.5) is 11.4 Å². The van der Waals surface area contributed by atoms with Crippen molar-refractivity contribution in [3.63, 3.8) is 0 Å². The fraction of sp³-hybridized carbons (Fsp3) is 0.387. The van der Waals surface area contributed by atoms with Gasteiger partial charge in [-0.15, -0.1) is 0 Å². The van der Waals surface area contributed by atoms with E-state index >= 15 is 0 Å². The molecule has 1 amide bonds. The number of amides is 1. The van der Waals surface area contributed by atoms with E-state index < -0.39 is 10.0 Å². The normalized spacial score (nSPS) is 16.6. The van der Waals surface area contributed by atoms with Gasteiger partial charge in [0.1, 0.15) is 5.75 Å². The number of anilines is 2. The summed E-state index contributed by atoms with van der Waals surface area (Å²) in [6.45, 7) is 8.43. The topological polar surface area (TPSA) is 103 Å². The maximum Gasteiger partial charge on any atom is 0.261 e. The van der Waals surface area contributed by atoms with Crippen LogP contribution in [0.15, 0.2) is 77.7 Å². The number of sulfonamides is 1. The van der Waals surface area contributed by atoms with Gasteiger partial charge in [-0.05, 0) is 48.0 Å². The molecule has 2 aliphatic heterocycles. The van der Waals surface area contributed by atoms with Gasteiger partial charge >= 0.3 is 0 Å². The number of rotatable bonds is 11. The summed E-state index contributed by atoms with van der Waals surface area (Å²) < 4.78 is 39.4. The van der Waals surface area contributed by atoms with Crippen LogP contribution in [0.25, 0.3) is 0 Å². The van der Waals surface area contributed by atoms with Gasteiger partial charge in [0.15, 0.2) is 0 Å². The minimum absolute atomic E-state index is 0.110. The first-order valence-electron chi connectivity index (χ1n) is 14.3. The largest absolute Gasteiger partial charge is 0.497 e. The van der Waals surface area contributed by atoms with Crippen LogP contribution in [0.2, 0.25) is 0 Å². The number of morpholine rings is 1. The molecule has 0 bridgehead atoms. The maximum absolute atomic E-state index is 13.5. The average Bonchev–Trinajstić information content (AvgIpc) is 3.02. The van der Waals surface area contributed by atoms with Crippen molar-refractivity contribution in [1.82, 2.24) is 15.1 Å². The fourth-order valence-corrected chi connectivity index (χ4v) is 6.31. The predicted molar refractivity (Wildman–Crippen MR) is 164 cm³/mol. The predicted octanol–water partition coefficient (Wildman–Crippen LogP) is 2.88. The molecule has 0 atom stereocenters. The zero-order valence-corrected chi connectivity index (χ0v) is 24.8. The zero-order valence-electron chi connectivity index (χ0n) is 24.0. The maximum atomic E-state index is 13.5. The molecule has 11 heteroatoms. The number of ether oxygens (including phenoxy) is 2. The molecule has 2 fully saturated rings. The monoisotopic (exact) mass is 593 g/mol. The number of nitrogens with zero attached hydrogens (tertiary/aromatic N) is 3. The van der Waals surface area contributed by atoms with Gasteiger partial charge in [-0.3, -0.25) is 19.3 Å². The number of carbonyl (C=O) groups excluding carboxylic acids is 1. The quantitative estimate of drug-likeness (QED) is 0.350. The van der Waals surface area contributed by atoms with Crippen molar-refractivity contribution >= 4 is 27.3 Å². The first-order chi connectivity index (χ1) is 20.4. The highest BCUT2D eigenvalue weighted by Gasteiger charge is 2.24. The van der Waals surface area contributed by atoms with Crippen molar-refractivity contribution in [3.05, 3.63) is 83.9 Å². The summed E-state index contributed by atoms with van der Waals surface area (Å²) in [5.74, 6) is 0.341. The van der Waals surface area contributed by atoms with Crippen LogP contribution in [0.5, 0.6) is 5.75 Å². The first-order valence-corrected chi connectivity index (χ1v) is 15.8. The van der Waals surface area contributed by atoms with Crippen molar-refractivity contribution in [3.8, 4) is 5.75 Å². The van der Waals surface area contributed by atoms with Crippen LogP contribution >= 0.6 is 0 Å². The molecule has 3 aromatic rings. The molecule has 0 radical (unpaired) electrons. The van der Waals surface area contributed by atoms with Gasteiger partial charge in [-0.25, -0.2) is 8.42 Å². The standard InChI is InChI=1S/C31H39N5O5S/c1-40-27-8-10-28(11-9-27)42(38,39)33-26-7-12-30(29(23-26)31(37)32-13-14-34-19-21-41-22-20-34)36-17-15-35(16-18-36)24-25-5-3-2-4-6-25/h2-12,23,33H,13-22,24H2,1H3,(H,32,37). The van der Waals surface area contributed by atoms with Gasteiger partial charge in [0.05, 0.1) is 30.8 Å². The van der Waals surface area contributed by atoms with Gasteiger partial charge < -0.3 is 19.7 Å². The molecule has 0 unspecified atom stereocenters. The lowest BCUT2D eigenvalue weighted by atomic mass is 10.1. The molecule has 0 aromatic heterocycles. The Morgan fingerprint density at radius 1 is 0.881 bits per heavy atom. The molecule has 2 saturated heterocycles. The Balaban J connectivity index is 1.31. The van der Waals surface area contributed by atoms with Crippen molar-refractivity contribution < 1.29 is 22.7 Å². The Morgan fingerprint density at radius 2 is 1.60 bits per heavy atom. The van der Waals surface area contributed by atoms with Crippen molar-refractivity contribution in [2.24, 2.45) is 0 Å². The minimum Gasteiger partial charge on any atom is -0.497 e. The van der Waals surface area contributed by atoms with Crippen LogP contribution in [0.3, 0.4) is 0 Å². The van der Waals surface area contributed by atoms with E-state index in [1.54, 1.807) is 24.3 Å². The van der Waals surface area contributed by atoms with E-state index in [9.17, 15) is 13.2 Å². The summed E-state index contributed by atoms with van der Waals surface area (Å²) in [6, 6.07) is 21.8. The lowest BCUT2D eigenvalue weighted by Crippen LogP contribution is -2.46. The number of hydrogen-bond donors (Lipinski definition) is 2. The van der Waals surface area contributed by atoms with Crippen molar-refractivity contribution in [2.45, 2.75) is 11.4 Å². The van der Waals surface area contributed by atoms with E-state index in [-0.39, 0.29) is 10.8 Å². The van der Waals surface area contributed by atoms with Gasteiger partial charge in [-0.1, -0.05) is 30.3 Å². The molecule has 10 nitrogen and oxygen atoms in total. The fourth-order valence-electron chi connectivity index (χ4n) is 5.26. The van der Waals surface area contributed by atoms with Crippen LogP contribution in [-0.4, -0.2) is 96.8 Å². The second-order valence-corrected chi connectivity index (χ2v) is 12.2. The number of piperazine rings is 1. The number of benzene rings is 3. The SMILES string of the molecule is COc1ccc(S(=O)(=O)Nc2ccc(N3CCN(Cc4ccccc4)CC3)c(C(=O)NCCN3CCOCC3)c2)cc1. The smallest absolute Gasteiger partial charge is 0.261 e. The molecule has 2 heterocycles. The van der Waals surface area contributed by atoms with Gasteiger partial charge in [-0.2, -0.15) is 0 Å². The Hall–Kier alpha value is -3.64. The third-order valence-electron chi connectivity index (χ3n) is 7.64. The third kappa shape index (κ3) is 7.80. The summed E-state index contributed by atoms with van der Waals surface area (Å²) in [5.41, 5.74) is 2.85. The van der Waals surface area contributed by atoms with E-state index in [1.807, 2.05) is 12.1 Å². The average molecular weight is 594 g/mol. The van der Waals surface area contributed by atoms with Gasteiger partial charge in [0.2, 0.25) is 0 Å². The number of hydrogen-bond acceptors (Lipinski definition) is 8. The highest BCUT2D eigenvalue weighted by Crippen LogP contribution is 2.28. The minimum atomic E-state index is -3.86. The molecule has 2 aliphatic rings. The third-order valence-corrected chi connectivity index (χ3v) is 9.04. The molecule has 5 rings (SSSR count). The van der Waals surface area contributed by atoms with Crippen LogP contribution in [0.1, 0.15) is 15.9 Å². The van der Waals surface area contributed by atoms with Crippen molar-refractivity contribution in [1.29, 1.82) is 0 Å². The first kappa shape index (κ1) is 29.8. The summed E-state index contributed by atoms with van der Waals surface area (Å²) in [4.78, 5) is 20.5. The zero-order chi connectivity index (χ0) is 29.4. The van der Waals surface area contributed by atoms with Crippen LogP contribution < -0.4 is 19.7 Å². The number of nitrogens with one attached hydrogen (secondary N) is 2. The molecule has 0 spiro atoms.